The minimum atomic E-state index is -3.65. The molecule has 166 valence electrons. The van der Waals surface area contributed by atoms with Gasteiger partial charge in [-0.2, -0.15) is 4.31 Å². The molecule has 2 amide bonds. The summed E-state index contributed by atoms with van der Waals surface area (Å²) < 4.78 is 31.8. The molecule has 0 spiro atoms. The van der Waals surface area contributed by atoms with Crippen molar-refractivity contribution in [2.75, 3.05) is 32.7 Å². The normalized spacial score (nSPS) is 14.8. The molecule has 1 fully saturated rings. The Kier molecular flexibility index (Phi) is 6.28. The first kappa shape index (κ1) is 21.7. The lowest BCUT2D eigenvalue weighted by molar-refractivity contribution is -0.131. The number of nitrogens with one attached hydrogen (secondary N) is 1. The van der Waals surface area contributed by atoms with Gasteiger partial charge in [0.25, 0.3) is 5.91 Å². The second-order valence-corrected chi connectivity index (χ2v) is 9.04. The lowest BCUT2D eigenvalue weighted by Crippen LogP contribution is -2.52. The molecule has 0 unspecified atom stereocenters. The smallest absolute Gasteiger partial charge is 0.273 e. The van der Waals surface area contributed by atoms with E-state index in [9.17, 15) is 18.0 Å². The lowest BCUT2D eigenvalue weighted by atomic mass is 10.1. The van der Waals surface area contributed by atoms with E-state index in [4.69, 9.17) is 4.52 Å². The minimum Gasteiger partial charge on any atom is -0.355 e. The van der Waals surface area contributed by atoms with Crippen LogP contribution < -0.4 is 5.32 Å². The van der Waals surface area contributed by atoms with Gasteiger partial charge < -0.3 is 14.7 Å². The van der Waals surface area contributed by atoms with Crippen LogP contribution in [0.4, 0.5) is 0 Å². The zero-order valence-corrected chi connectivity index (χ0v) is 17.9. The van der Waals surface area contributed by atoms with Gasteiger partial charge in [-0.05, 0) is 12.1 Å². The summed E-state index contributed by atoms with van der Waals surface area (Å²) in [6, 6.07) is 13.8. The average molecular weight is 455 g/mol. The fraction of sp³-hybridized carbons (Fsp3) is 0.238. The Morgan fingerprint density at radius 1 is 1.03 bits per heavy atom. The number of sulfonamides is 1. The molecule has 4 rings (SSSR count). The summed E-state index contributed by atoms with van der Waals surface area (Å²) >= 11 is 0. The van der Waals surface area contributed by atoms with E-state index in [0.717, 1.165) is 5.56 Å². The maximum atomic E-state index is 12.6. The molecule has 11 heteroatoms. The van der Waals surface area contributed by atoms with E-state index in [1.165, 1.54) is 33.7 Å². The molecular formula is C21H21N5O5S. The highest BCUT2D eigenvalue weighted by atomic mass is 32.2. The molecule has 1 saturated heterocycles. The molecule has 0 saturated carbocycles. The second-order valence-electron chi connectivity index (χ2n) is 7.10. The third kappa shape index (κ3) is 4.68. The van der Waals surface area contributed by atoms with E-state index < -0.39 is 15.9 Å². The number of aromatic nitrogens is 2. The molecule has 0 radical (unpaired) electrons. The Morgan fingerprint density at radius 2 is 1.78 bits per heavy atom. The topological polar surface area (TPSA) is 126 Å². The van der Waals surface area contributed by atoms with Crippen molar-refractivity contribution in [1.82, 2.24) is 24.7 Å². The standard InChI is InChI=1S/C21H21N5O5S/c27-20(15-23-21(28)18-13-19(31-24-18)16-5-2-1-3-6-16)25-9-11-26(12-10-25)32(29,30)17-7-4-8-22-14-17/h1-8,13-14H,9-12,15H2,(H,23,28). The first-order chi connectivity index (χ1) is 15.4. The Bertz CT molecular complexity index is 1190. The molecule has 32 heavy (non-hydrogen) atoms. The van der Waals surface area contributed by atoms with Gasteiger partial charge in [-0.25, -0.2) is 8.42 Å². The number of pyridine rings is 1. The summed E-state index contributed by atoms with van der Waals surface area (Å²) in [6.07, 6.45) is 2.81. The van der Waals surface area contributed by atoms with Crippen LogP contribution in [-0.4, -0.2) is 72.3 Å². The van der Waals surface area contributed by atoms with Crippen LogP contribution >= 0.6 is 0 Å². The highest BCUT2D eigenvalue weighted by Crippen LogP contribution is 2.20. The molecular weight excluding hydrogens is 434 g/mol. The molecule has 0 atom stereocenters. The van der Waals surface area contributed by atoms with Crippen molar-refractivity contribution >= 4 is 21.8 Å². The van der Waals surface area contributed by atoms with E-state index in [-0.39, 0.29) is 49.2 Å². The Morgan fingerprint density at radius 3 is 2.47 bits per heavy atom. The highest BCUT2D eigenvalue weighted by molar-refractivity contribution is 7.89. The maximum absolute atomic E-state index is 12.6. The number of carbonyl (C=O) groups excluding carboxylic acids is 2. The van der Waals surface area contributed by atoms with Gasteiger partial charge in [0.05, 0.1) is 6.54 Å². The van der Waals surface area contributed by atoms with Crippen LogP contribution in [-0.2, 0) is 14.8 Å². The molecule has 1 aromatic carbocycles. The second kappa shape index (κ2) is 9.28. The van der Waals surface area contributed by atoms with Gasteiger partial charge >= 0.3 is 0 Å². The maximum Gasteiger partial charge on any atom is 0.273 e. The molecule has 0 bridgehead atoms. The van der Waals surface area contributed by atoms with E-state index in [2.05, 4.69) is 15.5 Å². The van der Waals surface area contributed by atoms with Gasteiger partial charge in [-0.3, -0.25) is 14.6 Å². The summed E-state index contributed by atoms with van der Waals surface area (Å²) in [6.45, 7) is 0.579. The van der Waals surface area contributed by atoms with Crippen LogP contribution in [0.15, 0.2) is 70.3 Å². The molecule has 10 nitrogen and oxygen atoms in total. The number of benzene rings is 1. The van der Waals surface area contributed by atoms with Crippen LogP contribution in [0.5, 0.6) is 0 Å². The number of rotatable bonds is 6. The fourth-order valence-corrected chi connectivity index (χ4v) is 4.69. The van der Waals surface area contributed by atoms with Gasteiger partial charge in [0.1, 0.15) is 4.90 Å². The van der Waals surface area contributed by atoms with Gasteiger partial charge in [-0.1, -0.05) is 35.5 Å². The number of amides is 2. The largest absolute Gasteiger partial charge is 0.355 e. The minimum absolute atomic E-state index is 0.0732. The zero-order valence-electron chi connectivity index (χ0n) is 17.0. The average Bonchev–Trinajstić information content (AvgIpc) is 3.34. The Balaban J connectivity index is 1.28. The van der Waals surface area contributed by atoms with Crippen LogP contribution in [0.1, 0.15) is 10.5 Å². The molecule has 1 N–H and O–H groups in total. The number of hydrogen-bond donors (Lipinski definition) is 1. The van der Waals surface area contributed by atoms with Crippen LogP contribution in [0.3, 0.4) is 0 Å². The molecule has 0 aliphatic carbocycles. The van der Waals surface area contributed by atoms with E-state index in [1.807, 2.05) is 30.3 Å². The van der Waals surface area contributed by atoms with Gasteiger partial charge in [0.2, 0.25) is 15.9 Å². The fourth-order valence-electron chi connectivity index (χ4n) is 3.31. The van der Waals surface area contributed by atoms with E-state index in [1.54, 1.807) is 6.07 Å². The first-order valence-electron chi connectivity index (χ1n) is 9.93. The molecule has 3 aromatic rings. The third-order valence-electron chi connectivity index (χ3n) is 5.06. The van der Waals surface area contributed by atoms with Gasteiger partial charge in [0, 0.05) is 50.2 Å². The van der Waals surface area contributed by atoms with Crippen LogP contribution in [0.25, 0.3) is 11.3 Å². The lowest BCUT2D eigenvalue weighted by Gasteiger charge is -2.34. The van der Waals surface area contributed by atoms with Crippen molar-refractivity contribution in [3.63, 3.8) is 0 Å². The van der Waals surface area contributed by atoms with Gasteiger partial charge in [-0.15, -0.1) is 0 Å². The van der Waals surface area contributed by atoms with Crippen LogP contribution in [0, 0.1) is 0 Å². The zero-order chi connectivity index (χ0) is 22.6. The quantitative estimate of drug-likeness (QED) is 0.588. The molecule has 3 heterocycles. The van der Waals surface area contributed by atoms with Crippen molar-refractivity contribution in [2.45, 2.75) is 4.90 Å². The van der Waals surface area contributed by atoms with Crippen molar-refractivity contribution in [2.24, 2.45) is 0 Å². The highest BCUT2D eigenvalue weighted by Gasteiger charge is 2.30. The van der Waals surface area contributed by atoms with Crippen molar-refractivity contribution in [3.05, 3.63) is 66.6 Å². The number of hydrogen-bond acceptors (Lipinski definition) is 7. The Hall–Kier alpha value is -3.57. The predicted octanol–water partition coefficient (Wildman–Crippen LogP) is 1.000. The molecule has 2 aromatic heterocycles. The number of nitrogens with zero attached hydrogens (tertiary/aromatic N) is 4. The van der Waals surface area contributed by atoms with Crippen molar-refractivity contribution < 1.29 is 22.5 Å². The Labute approximate surface area is 184 Å². The van der Waals surface area contributed by atoms with Crippen molar-refractivity contribution in [3.8, 4) is 11.3 Å². The summed E-state index contributed by atoms with van der Waals surface area (Å²) in [5, 5.41) is 6.29. The summed E-state index contributed by atoms with van der Waals surface area (Å²) in [5.74, 6) is -0.376. The summed E-state index contributed by atoms with van der Waals surface area (Å²) in [7, 11) is -3.65. The van der Waals surface area contributed by atoms with E-state index >= 15 is 0 Å². The van der Waals surface area contributed by atoms with Crippen LogP contribution in [0.2, 0.25) is 0 Å². The number of piperazine rings is 1. The molecule has 1 aliphatic heterocycles. The van der Waals surface area contributed by atoms with Crippen molar-refractivity contribution in [1.29, 1.82) is 0 Å². The summed E-state index contributed by atoms with van der Waals surface area (Å²) in [5.41, 5.74) is 0.860. The third-order valence-corrected chi connectivity index (χ3v) is 6.95. The van der Waals surface area contributed by atoms with E-state index in [0.29, 0.717) is 5.76 Å². The number of carbonyl (C=O) groups is 2. The first-order valence-corrected chi connectivity index (χ1v) is 11.4. The predicted molar refractivity (Wildman–Crippen MR) is 114 cm³/mol. The molecule has 1 aliphatic rings. The monoisotopic (exact) mass is 455 g/mol. The van der Waals surface area contributed by atoms with Gasteiger partial charge in [0.15, 0.2) is 11.5 Å². The summed E-state index contributed by atoms with van der Waals surface area (Å²) in [4.78, 5) is 30.3. The SMILES string of the molecule is O=C(NCC(=O)N1CCN(S(=O)(=O)c2cccnc2)CC1)c1cc(-c2ccccc2)on1.